The molecule has 4 aromatic carbocycles. The van der Waals surface area contributed by atoms with Crippen LogP contribution < -0.4 is 0 Å². The van der Waals surface area contributed by atoms with Crippen LogP contribution in [0.2, 0.25) is 0 Å². The van der Waals surface area contributed by atoms with Crippen molar-refractivity contribution in [1.29, 1.82) is 0 Å². The van der Waals surface area contributed by atoms with Crippen molar-refractivity contribution in [2.75, 3.05) is 0 Å². The Morgan fingerprint density at radius 1 is 0.469 bits per heavy atom. The molecule has 0 aliphatic carbocycles. The van der Waals surface area contributed by atoms with E-state index in [1.54, 1.807) is 0 Å². The van der Waals surface area contributed by atoms with Crippen molar-refractivity contribution >= 4 is 22.2 Å². The minimum Gasteiger partial charge on any atom is -0.436 e. The first kappa shape index (κ1) is 18.2. The molecular formula is C28H16N2O2. The van der Waals surface area contributed by atoms with E-state index in [0.29, 0.717) is 11.8 Å². The number of para-hydroxylation sites is 4. The number of benzene rings is 4. The number of aromatic nitrogens is 2. The van der Waals surface area contributed by atoms with Crippen molar-refractivity contribution in [1.82, 2.24) is 9.97 Å². The number of hydrogen-bond donors (Lipinski definition) is 0. The summed E-state index contributed by atoms with van der Waals surface area (Å²) in [5.74, 6) is 7.71. The van der Waals surface area contributed by atoms with E-state index in [9.17, 15) is 0 Å². The maximum absolute atomic E-state index is 5.97. The van der Waals surface area contributed by atoms with E-state index >= 15 is 0 Å². The topological polar surface area (TPSA) is 52.1 Å². The fraction of sp³-hybridized carbons (Fsp3) is 0. The number of rotatable bonds is 2. The molecule has 4 nitrogen and oxygen atoms in total. The second-order valence-electron chi connectivity index (χ2n) is 7.31. The van der Waals surface area contributed by atoms with E-state index in [1.807, 2.05) is 97.1 Å². The van der Waals surface area contributed by atoms with Crippen molar-refractivity contribution in [3.8, 4) is 34.7 Å². The Morgan fingerprint density at radius 2 is 0.875 bits per heavy atom. The lowest BCUT2D eigenvalue weighted by Gasteiger charge is -2.01. The predicted molar refractivity (Wildman–Crippen MR) is 125 cm³/mol. The first-order chi connectivity index (χ1) is 15.8. The normalized spacial score (nSPS) is 10.9. The highest BCUT2D eigenvalue weighted by Gasteiger charge is 2.12. The van der Waals surface area contributed by atoms with Crippen LogP contribution in [0.3, 0.4) is 0 Å². The average molecular weight is 412 g/mol. The SMILES string of the molecule is C(#Cc1ccccc1-c1nc2ccccc2o1)c1ccccc1-c1nc2ccccc2o1. The molecule has 0 fully saturated rings. The van der Waals surface area contributed by atoms with Crippen LogP contribution in [0.1, 0.15) is 11.1 Å². The Kier molecular flexibility index (Phi) is 4.30. The number of hydrogen-bond acceptors (Lipinski definition) is 4. The molecule has 0 saturated carbocycles. The third-order valence-corrected chi connectivity index (χ3v) is 5.23. The van der Waals surface area contributed by atoms with Crippen molar-refractivity contribution in [3.63, 3.8) is 0 Å². The lowest BCUT2D eigenvalue weighted by molar-refractivity contribution is 0.619. The molecule has 150 valence electrons. The summed E-state index contributed by atoms with van der Waals surface area (Å²) < 4.78 is 11.9. The van der Waals surface area contributed by atoms with Gasteiger partial charge in [-0.05, 0) is 48.5 Å². The summed E-state index contributed by atoms with van der Waals surface area (Å²) in [4.78, 5) is 9.26. The summed E-state index contributed by atoms with van der Waals surface area (Å²) in [5, 5.41) is 0. The first-order valence-electron chi connectivity index (χ1n) is 10.3. The molecule has 0 saturated heterocycles. The van der Waals surface area contributed by atoms with Gasteiger partial charge >= 0.3 is 0 Å². The Hall–Kier alpha value is -4.62. The van der Waals surface area contributed by atoms with Crippen LogP contribution in [-0.2, 0) is 0 Å². The average Bonchev–Trinajstić information content (AvgIpc) is 3.47. The minimum atomic E-state index is 0.559. The quantitative estimate of drug-likeness (QED) is 0.297. The monoisotopic (exact) mass is 412 g/mol. The molecule has 6 aromatic rings. The molecule has 0 radical (unpaired) electrons. The van der Waals surface area contributed by atoms with E-state index in [-0.39, 0.29) is 0 Å². The molecule has 2 aromatic heterocycles. The Morgan fingerprint density at radius 3 is 1.34 bits per heavy atom. The van der Waals surface area contributed by atoms with E-state index in [4.69, 9.17) is 8.83 Å². The van der Waals surface area contributed by atoms with Crippen molar-refractivity contribution in [2.45, 2.75) is 0 Å². The van der Waals surface area contributed by atoms with Crippen LogP contribution in [-0.4, -0.2) is 9.97 Å². The number of nitrogens with zero attached hydrogens (tertiary/aromatic N) is 2. The lowest BCUT2D eigenvalue weighted by Crippen LogP contribution is -1.86. The molecule has 6 rings (SSSR count). The summed E-state index contributed by atoms with van der Waals surface area (Å²) in [6.45, 7) is 0. The summed E-state index contributed by atoms with van der Waals surface area (Å²) in [6.07, 6.45) is 0. The summed E-state index contributed by atoms with van der Waals surface area (Å²) in [5.41, 5.74) is 6.56. The van der Waals surface area contributed by atoms with Crippen LogP contribution in [0.5, 0.6) is 0 Å². The van der Waals surface area contributed by atoms with Crippen molar-refractivity contribution in [2.24, 2.45) is 0 Å². The molecule has 0 aliphatic rings. The van der Waals surface area contributed by atoms with Gasteiger partial charge < -0.3 is 8.83 Å². The van der Waals surface area contributed by atoms with Gasteiger partial charge in [0.1, 0.15) is 11.0 Å². The van der Waals surface area contributed by atoms with E-state index in [0.717, 1.165) is 44.5 Å². The van der Waals surface area contributed by atoms with Crippen molar-refractivity contribution < 1.29 is 8.83 Å². The molecule has 0 atom stereocenters. The fourth-order valence-corrected chi connectivity index (χ4v) is 3.67. The molecular weight excluding hydrogens is 396 g/mol. The Bertz CT molecular complexity index is 1460. The summed E-state index contributed by atoms with van der Waals surface area (Å²) >= 11 is 0. The highest BCUT2D eigenvalue weighted by molar-refractivity contribution is 5.79. The molecule has 0 bridgehead atoms. The van der Waals surface area contributed by atoms with Gasteiger partial charge in [-0.2, -0.15) is 0 Å². The summed E-state index contributed by atoms with van der Waals surface area (Å²) in [7, 11) is 0. The van der Waals surface area contributed by atoms with Gasteiger partial charge in [0.2, 0.25) is 11.8 Å². The minimum absolute atomic E-state index is 0.559. The van der Waals surface area contributed by atoms with Gasteiger partial charge in [0, 0.05) is 11.1 Å². The molecule has 32 heavy (non-hydrogen) atoms. The number of oxazole rings is 2. The third kappa shape index (κ3) is 3.23. The van der Waals surface area contributed by atoms with E-state index in [2.05, 4.69) is 21.8 Å². The zero-order valence-corrected chi connectivity index (χ0v) is 16.9. The maximum Gasteiger partial charge on any atom is 0.228 e. The van der Waals surface area contributed by atoms with E-state index < -0.39 is 0 Å². The van der Waals surface area contributed by atoms with Crippen LogP contribution >= 0.6 is 0 Å². The van der Waals surface area contributed by atoms with Crippen molar-refractivity contribution in [3.05, 3.63) is 108 Å². The molecule has 0 N–H and O–H groups in total. The highest BCUT2D eigenvalue weighted by Crippen LogP contribution is 2.28. The fourth-order valence-electron chi connectivity index (χ4n) is 3.67. The molecule has 0 aliphatic heterocycles. The van der Waals surface area contributed by atoms with Crippen LogP contribution in [0.4, 0.5) is 0 Å². The Labute approximate surface area is 184 Å². The zero-order chi connectivity index (χ0) is 21.3. The third-order valence-electron chi connectivity index (χ3n) is 5.23. The Balaban J connectivity index is 1.43. The molecule has 4 heteroatoms. The highest BCUT2D eigenvalue weighted by atomic mass is 16.4. The van der Waals surface area contributed by atoms with Gasteiger partial charge in [-0.3, -0.25) is 0 Å². The first-order valence-corrected chi connectivity index (χ1v) is 10.3. The lowest BCUT2D eigenvalue weighted by atomic mass is 10.0. The second kappa shape index (κ2) is 7.57. The van der Waals surface area contributed by atoms with Gasteiger partial charge in [0.15, 0.2) is 11.2 Å². The van der Waals surface area contributed by atoms with Crippen LogP contribution in [0, 0.1) is 11.8 Å². The standard InChI is InChI=1S/C28H16N2O2/c1-3-11-21(27-29-23-13-5-7-15-25(23)31-27)19(9-1)17-18-20-10-2-4-12-22(20)28-30-24-14-6-8-16-26(24)32-28/h1-16H. The van der Waals surface area contributed by atoms with Crippen LogP contribution in [0.25, 0.3) is 45.1 Å². The smallest absolute Gasteiger partial charge is 0.228 e. The largest absolute Gasteiger partial charge is 0.436 e. The molecule has 0 unspecified atom stereocenters. The summed E-state index contributed by atoms with van der Waals surface area (Å²) in [6, 6.07) is 31.2. The van der Waals surface area contributed by atoms with Gasteiger partial charge in [-0.25, -0.2) is 9.97 Å². The molecule has 0 spiro atoms. The van der Waals surface area contributed by atoms with E-state index in [1.165, 1.54) is 0 Å². The predicted octanol–water partition coefficient (Wildman–Crippen LogP) is 6.70. The van der Waals surface area contributed by atoms with Gasteiger partial charge in [-0.15, -0.1) is 0 Å². The maximum atomic E-state index is 5.97. The van der Waals surface area contributed by atoms with Gasteiger partial charge in [0.25, 0.3) is 0 Å². The second-order valence-corrected chi connectivity index (χ2v) is 7.31. The van der Waals surface area contributed by atoms with Gasteiger partial charge in [0.05, 0.1) is 11.1 Å². The number of fused-ring (bicyclic) bond motifs is 2. The van der Waals surface area contributed by atoms with Gasteiger partial charge in [-0.1, -0.05) is 60.4 Å². The molecule has 2 heterocycles. The van der Waals surface area contributed by atoms with Crippen LogP contribution in [0.15, 0.2) is 106 Å². The molecule has 0 amide bonds. The zero-order valence-electron chi connectivity index (χ0n) is 16.9.